The van der Waals surface area contributed by atoms with E-state index < -0.39 is 0 Å². The second kappa shape index (κ2) is 12.7. The summed E-state index contributed by atoms with van der Waals surface area (Å²) in [6, 6.07) is 0. The SMILES string of the molecule is C=CC=CC=CCC(=O)C=CCC=C.Cl. The summed E-state index contributed by atoms with van der Waals surface area (Å²) in [7, 11) is 0. The Labute approximate surface area is 98.0 Å². The summed E-state index contributed by atoms with van der Waals surface area (Å²) >= 11 is 0. The number of halogens is 1. The second-order valence-electron chi connectivity index (χ2n) is 2.65. The van der Waals surface area contributed by atoms with Crippen LogP contribution in [-0.2, 0) is 4.79 Å². The quantitative estimate of drug-likeness (QED) is 0.365. The van der Waals surface area contributed by atoms with Crippen molar-refractivity contribution in [2.24, 2.45) is 0 Å². The van der Waals surface area contributed by atoms with Crippen molar-refractivity contribution in [1.82, 2.24) is 0 Å². The van der Waals surface area contributed by atoms with Crippen molar-refractivity contribution < 1.29 is 4.79 Å². The summed E-state index contributed by atoms with van der Waals surface area (Å²) in [5.74, 6) is 0.107. The number of carbonyl (C=O) groups is 1. The largest absolute Gasteiger partial charge is 0.295 e. The molecule has 0 aromatic heterocycles. The molecule has 0 saturated carbocycles. The Bertz CT molecular complexity index is 272. The van der Waals surface area contributed by atoms with E-state index in [0.717, 1.165) is 6.42 Å². The van der Waals surface area contributed by atoms with Gasteiger partial charge < -0.3 is 0 Å². The standard InChI is InChI=1S/C13H16O.ClH/c1-3-5-7-8-10-12-13(14)11-9-6-4-2;/h3-5,7-11H,1-2,6,12H2;1H. The minimum absolute atomic E-state index is 0. The minimum atomic E-state index is 0. The Balaban J connectivity index is 0. The van der Waals surface area contributed by atoms with Crippen molar-refractivity contribution in [3.8, 4) is 0 Å². The smallest absolute Gasteiger partial charge is 0.159 e. The number of hydrogen-bond donors (Lipinski definition) is 0. The molecule has 82 valence electrons. The zero-order valence-electron chi connectivity index (χ0n) is 8.76. The van der Waals surface area contributed by atoms with E-state index in [1.54, 1.807) is 18.2 Å². The van der Waals surface area contributed by atoms with E-state index in [4.69, 9.17) is 0 Å². The highest BCUT2D eigenvalue weighted by Gasteiger charge is 1.89. The molecule has 0 saturated heterocycles. The van der Waals surface area contributed by atoms with Gasteiger partial charge in [0, 0.05) is 6.42 Å². The van der Waals surface area contributed by atoms with Crippen LogP contribution in [0.15, 0.2) is 61.8 Å². The molecule has 0 N–H and O–H groups in total. The van der Waals surface area contributed by atoms with Crippen LogP contribution >= 0.6 is 12.4 Å². The van der Waals surface area contributed by atoms with Gasteiger partial charge in [-0.15, -0.1) is 19.0 Å². The van der Waals surface area contributed by atoms with Crippen LogP contribution in [0.5, 0.6) is 0 Å². The number of rotatable bonds is 7. The zero-order chi connectivity index (χ0) is 10.6. The molecule has 0 aliphatic carbocycles. The van der Waals surface area contributed by atoms with Crippen LogP contribution in [0, 0.1) is 0 Å². The normalized spacial score (nSPS) is 10.7. The highest BCUT2D eigenvalue weighted by molar-refractivity contribution is 5.90. The predicted molar refractivity (Wildman–Crippen MR) is 69.3 cm³/mol. The van der Waals surface area contributed by atoms with E-state index in [2.05, 4.69) is 13.2 Å². The first-order valence-electron chi connectivity index (χ1n) is 4.55. The van der Waals surface area contributed by atoms with Crippen molar-refractivity contribution in [3.63, 3.8) is 0 Å². The van der Waals surface area contributed by atoms with E-state index in [9.17, 15) is 4.79 Å². The Kier molecular flexibility index (Phi) is 13.6. The molecule has 0 fully saturated rings. The molecule has 0 unspecified atom stereocenters. The van der Waals surface area contributed by atoms with Gasteiger partial charge in [0.05, 0.1) is 0 Å². The van der Waals surface area contributed by atoms with Crippen molar-refractivity contribution in [3.05, 3.63) is 61.8 Å². The third-order valence-corrected chi connectivity index (χ3v) is 1.42. The van der Waals surface area contributed by atoms with Crippen LogP contribution in [0.3, 0.4) is 0 Å². The Morgan fingerprint density at radius 2 is 1.80 bits per heavy atom. The monoisotopic (exact) mass is 224 g/mol. The lowest BCUT2D eigenvalue weighted by molar-refractivity contribution is -0.113. The maximum Gasteiger partial charge on any atom is 0.159 e. The third kappa shape index (κ3) is 12.7. The molecule has 0 aliphatic heterocycles. The highest BCUT2D eigenvalue weighted by Crippen LogP contribution is 1.91. The molecule has 0 aromatic carbocycles. The van der Waals surface area contributed by atoms with Crippen molar-refractivity contribution >= 4 is 18.2 Å². The zero-order valence-corrected chi connectivity index (χ0v) is 9.58. The molecule has 15 heavy (non-hydrogen) atoms. The van der Waals surface area contributed by atoms with E-state index in [1.807, 2.05) is 30.4 Å². The number of ketones is 1. The van der Waals surface area contributed by atoms with Gasteiger partial charge in [-0.05, 0) is 12.5 Å². The lowest BCUT2D eigenvalue weighted by Crippen LogP contribution is -1.87. The molecule has 2 heteroatoms. The molecular formula is C13H17ClO. The van der Waals surface area contributed by atoms with Gasteiger partial charge >= 0.3 is 0 Å². The number of carbonyl (C=O) groups excluding carboxylic acids is 1. The van der Waals surface area contributed by atoms with Crippen molar-refractivity contribution in [2.75, 3.05) is 0 Å². The van der Waals surface area contributed by atoms with Crippen LogP contribution < -0.4 is 0 Å². The molecule has 0 spiro atoms. The van der Waals surface area contributed by atoms with Gasteiger partial charge in [-0.3, -0.25) is 4.79 Å². The fourth-order valence-electron chi connectivity index (χ4n) is 0.769. The maximum atomic E-state index is 11.1. The Morgan fingerprint density at radius 3 is 2.40 bits per heavy atom. The first-order valence-corrected chi connectivity index (χ1v) is 4.55. The fourth-order valence-corrected chi connectivity index (χ4v) is 0.769. The fraction of sp³-hybridized carbons (Fsp3) is 0.154. The van der Waals surface area contributed by atoms with Gasteiger partial charge in [-0.1, -0.05) is 49.1 Å². The molecule has 0 aromatic rings. The van der Waals surface area contributed by atoms with Crippen LogP contribution in [0.2, 0.25) is 0 Å². The topological polar surface area (TPSA) is 17.1 Å². The van der Waals surface area contributed by atoms with Gasteiger partial charge in [0.2, 0.25) is 0 Å². The summed E-state index contributed by atoms with van der Waals surface area (Å²) in [5, 5.41) is 0. The van der Waals surface area contributed by atoms with Crippen LogP contribution in [0.1, 0.15) is 12.8 Å². The van der Waals surface area contributed by atoms with Gasteiger partial charge in [0.1, 0.15) is 0 Å². The minimum Gasteiger partial charge on any atom is -0.295 e. The Hall–Kier alpha value is -1.34. The first kappa shape index (κ1) is 16.1. The molecule has 0 atom stereocenters. The van der Waals surface area contributed by atoms with E-state index >= 15 is 0 Å². The molecule has 0 bridgehead atoms. The van der Waals surface area contributed by atoms with Gasteiger partial charge in [0.25, 0.3) is 0 Å². The maximum absolute atomic E-state index is 11.1. The molecule has 0 radical (unpaired) electrons. The summed E-state index contributed by atoms with van der Waals surface area (Å²) in [6.45, 7) is 7.09. The molecule has 1 nitrogen and oxygen atoms in total. The summed E-state index contributed by atoms with van der Waals surface area (Å²) in [5.41, 5.74) is 0. The highest BCUT2D eigenvalue weighted by atomic mass is 35.5. The van der Waals surface area contributed by atoms with Crippen molar-refractivity contribution in [2.45, 2.75) is 12.8 Å². The summed E-state index contributed by atoms with van der Waals surface area (Å²) < 4.78 is 0. The lowest BCUT2D eigenvalue weighted by atomic mass is 10.2. The van der Waals surface area contributed by atoms with E-state index in [-0.39, 0.29) is 18.2 Å². The van der Waals surface area contributed by atoms with E-state index in [0.29, 0.717) is 6.42 Å². The second-order valence-corrected chi connectivity index (χ2v) is 2.65. The summed E-state index contributed by atoms with van der Waals surface area (Å²) in [4.78, 5) is 11.1. The summed E-state index contributed by atoms with van der Waals surface area (Å²) in [6.07, 6.45) is 15.3. The van der Waals surface area contributed by atoms with Crippen molar-refractivity contribution in [1.29, 1.82) is 0 Å². The average Bonchev–Trinajstić information content (AvgIpc) is 2.18. The molecule has 0 rings (SSSR count). The van der Waals surface area contributed by atoms with Crippen LogP contribution in [0.25, 0.3) is 0 Å². The first-order chi connectivity index (χ1) is 6.81. The van der Waals surface area contributed by atoms with Gasteiger partial charge in [-0.25, -0.2) is 0 Å². The third-order valence-electron chi connectivity index (χ3n) is 1.42. The molecule has 0 amide bonds. The van der Waals surface area contributed by atoms with Crippen LogP contribution in [-0.4, -0.2) is 5.78 Å². The average molecular weight is 225 g/mol. The lowest BCUT2D eigenvalue weighted by Gasteiger charge is -1.85. The van der Waals surface area contributed by atoms with Gasteiger partial charge in [0.15, 0.2) is 5.78 Å². The van der Waals surface area contributed by atoms with Gasteiger partial charge in [-0.2, -0.15) is 0 Å². The van der Waals surface area contributed by atoms with Crippen LogP contribution in [0.4, 0.5) is 0 Å². The number of hydrogen-bond acceptors (Lipinski definition) is 1. The molecular weight excluding hydrogens is 208 g/mol. The Morgan fingerprint density at radius 1 is 1.07 bits per heavy atom. The number of allylic oxidation sites excluding steroid dienone is 8. The molecule has 0 heterocycles. The van der Waals surface area contributed by atoms with E-state index in [1.165, 1.54) is 0 Å². The molecule has 0 aliphatic rings. The predicted octanol–water partition coefficient (Wildman–Crippen LogP) is 3.80.